The Hall–Kier alpha value is -4.03. The van der Waals surface area contributed by atoms with Crippen LogP contribution in [0.25, 0.3) is 11.4 Å². The molecule has 0 bridgehead atoms. The van der Waals surface area contributed by atoms with Gasteiger partial charge in [-0.05, 0) is 18.2 Å². The minimum atomic E-state index is -4.72. The molecule has 32 heavy (non-hydrogen) atoms. The van der Waals surface area contributed by atoms with Crippen molar-refractivity contribution < 1.29 is 27.4 Å². The van der Waals surface area contributed by atoms with E-state index >= 15 is 0 Å². The summed E-state index contributed by atoms with van der Waals surface area (Å²) in [6, 6.07) is 8.73. The quantitative estimate of drug-likeness (QED) is 0.442. The van der Waals surface area contributed by atoms with Crippen molar-refractivity contribution in [1.29, 1.82) is 0 Å². The molecule has 4 rings (SSSR count). The molecule has 1 aromatic carbocycles. The summed E-state index contributed by atoms with van der Waals surface area (Å²) in [6.45, 7) is 1.69. The lowest BCUT2D eigenvalue weighted by atomic mass is 10.1. The molecule has 1 saturated heterocycles. The maximum Gasteiger partial charge on any atom is 0.471 e. The number of hydrogen-bond donors (Lipinski definition) is 0. The van der Waals surface area contributed by atoms with Gasteiger partial charge in [-0.3, -0.25) is 14.9 Å². The average molecular weight is 448 g/mol. The number of halogens is 3. The number of rotatable bonds is 4. The lowest BCUT2D eigenvalue weighted by Gasteiger charge is -2.35. The monoisotopic (exact) mass is 448 g/mol. The van der Waals surface area contributed by atoms with E-state index in [0.29, 0.717) is 32.0 Å². The number of piperazine rings is 1. The second-order valence-corrected chi connectivity index (χ2v) is 6.91. The van der Waals surface area contributed by atoms with Crippen LogP contribution in [0.5, 0.6) is 0 Å². The molecule has 0 aliphatic carbocycles. The van der Waals surface area contributed by atoms with Gasteiger partial charge in [0.1, 0.15) is 5.82 Å². The summed E-state index contributed by atoms with van der Waals surface area (Å²) in [6.07, 6.45) is -3.37. The zero-order valence-electron chi connectivity index (χ0n) is 16.3. The summed E-state index contributed by atoms with van der Waals surface area (Å²) in [5, 5.41) is 14.2. The topological polar surface area (TPSA) is 118 Å². The van der Waals surface area contributed by atoms with Crippen LogP contribution in [0.2, 0.25) is 0 Å². The van der Waals surface area contributed by atoms with E-state index in [1.807, 2.05) is 4.90 Å². The maximum atomic E-state index is 12.7. The SMILES string of the molecule is O=C(c1cccc([N+](=O)[O-])c1)N1CCN(c2ccc(-c3noc(C(F)(F)F)n3)cn2)CC1. The van der Waals surface area contributed by atoms with E-state index in [0.717, 1.165) is 0 Å². The van der Waals surface area contributed by atoms with E-state index in [1.54, 1.807) is 11.0 Å². The number of nitrogens with zero attached hydrogens (tertiary/aromatic N) is 6. The van der Waals surface area contributed by atoms with Crippen molar-refractivity contribution in [3.05, 3.63) is 64.2 Å². The van der Waals surface area contributed by atoms with Crippen molar-refractivity contribution >= 4 is 17.4 Å². The van der Waals surface area contributed by atoms with Gasteiger partial charge in [0.2, 0.25) is 5.82 Å². The first-order valence-corrected chi connectivity index (χ1v) is 9.38. The highest BCUT2D eigenvalue weighted by atomic mass is 19.4. The van der Waals surface area contributed by atoms with Crippen molar-refractivity contribution in [1.82, 2.24) is 20.0 Å². The minimum absolute atomic E-state index is 0.150. The summed E-state index contributed by atoms with van der Waals surface area (Å²) >= 11 is 0. The molecule has 1 fully saturated rings. The van der Waals surface area contributed by atoms with Gasteiger partial charge in [0.15, 0.2) is 0 Å². The molecular weight excluding hydrogens is 433 g/mol. The lowest BCUT2D eigenvalue weighted by Crippen LogP contribution is -2.49. The lowest BCUT2D eigenvalue weighted by molar-refractivity contribution is -0.384. The van der Waals surface area contributed by atoms with E-state index in [-0.39, 0.29) is 28.5 Å². The number of hydrogen-bond acceptors (Lipinski definition) is 8. The molecule has 0 N–H and O–H groups in total. The third kappa shape index (κ3) is 4.36. The standard InChI is InChI=1S/C19H15F3N6O4/c20-19(21,22)18-24-16(25-32-18)13-4-5-15(23-11-13)26-6-8-27(9-7-26)17(29)12-2-1-3-14(10-12)28(30)31/h1-5,10-11H,6-9H2. The van der Waals surface area contributed by atoms with Gasteiger partial charge in [0.05, 0.1) is 4.92 Å². The van der Waals surface area contributed by atoms with Crippen molar-refractivity contribution in [3.8, 4) is 11.4 Å². The number of amides is 1. The van der Waals surface area contributed by atoms with E-state index in [4.69, 9.17) is 0 Å². The highest BCUT2D eigenvalue weighted by Gasteiger charge is 2.38. The predicted molar refractivity (Wildman–Crippen MR) is 104 cm³/mol. The zero-order valence-corrected chi connectivity index (χ0v) is 16.3. The van der Waals surface area contributed by atoms with Gasteiger partial charge in [-0.1, -0.05) is 11.2 Å². The van der Waals surface area contributed by atoms with Gasteiger partial charge < -0.3 is 14.3 Å². The molecule has 2 aromatic heterocycles. The number of aromatic nitrogens is 3. The Morgan fingerprint density at radius 3 is 2.47 bits per heavy atom. The number of nitro groups is 1. The molecule has 1 aliphatic rings. The largest absolute Gasteiger partial charge is 0.471 e. The van der Waals surface area contributed by atoms with Crippen LogP contribution in [0.15, 0.2) is 47.1 Å². The summed E-state index contributed by atoms with van der Waals surface area (Å²) in [5.74, 6) is -1.37. The molecule has 0 unspecified atom stereocenters. The molecule has 166 valence electrons. The van der Waals surface area contributed by atoms with Crippen molar-refractivity contribution in [3.63, 3.8) is 0 Å². The molecule has 0 spiro atoms. The number of alkyl halides is 3. The normalized spacial score (nSPS) is 14.5. The zero-order chi connectivity index (χ0) is 22.9. The summed E-state index contributed by atoms with van der Waals surface area (Å²) in [7, 11) is 0. The molecule has 1 amide bonds. The van der Waals surface area contributed by atoms with Crippen LogP contribution in [0, 0.1) is 10.1 Å². The van der Waals surface area contributed by atoms with E-state index in [9.17, 15) is 28.1 Å². The third-order valence-electron chi connectivity index (χ3n) is 4.87. The first-order chi connectivity index (χ1) is 15.2. The van der Waals surface area contributed by atoms with Crippen LogP contribution in [0.4, 0.5) is 24.7 Å². The summed E-state index contributed by atoms with van der Waals surface area (Å²) in [5.41, 5.74) is 0.365. The molecule has 3 aromatic rings. The Bertz CT molecular complexity index is 1140. The number of carbonyl (C=O) groups is 1. The highest BCUT2D eigenvalue weighted by Crippen LogP contribution is 2.29. The Balaban J connectivity index is 1.39. The van der Waals surface area contributed by atoms with Gasteiger partial charge >= 0.3 is 12.1 Å². The van der Waals surface area contributed by atoms with Gasteiger partial charge in [-0.2, -0.15) is 18.2 Å². The fraction of sp³-hybridized carbons (Fsp3) is 0.263. The van der Waals surface area contributed by atoms with E-state index < -0.39 is 17.0 Å². The number of anilines is 1. The fourth-order valence-electron chi connectivity index (χ4n) is 3.23. The van der Waals surface area contributed by atoms with Crippen LogP contribution >= 0.6 is 0 Å². The van der Waals surface area contributed by atoms with Crippen LogP contribution in [0.1, 0.15) is 16.2 Å². The van der Waals surface area contributed by atoms with Crippen molar-refractivity contribution in [2.75, 3.05) is 31.1 Å². The van der Waals surface area contributed by atoms with Crippen molar-refractivity contribution in [2.24, 2.45) is 0 Å². The molecule has 0 radical (unpaired) electrons. The molecule has 1 aliphatic heterocycles. The summed E-state index contributed by atoms with van der Waals surface area (Å²) < 4.78 is 42.0. The molecule has 13 heteroatoms. The smallest absolute Gasteiger partial charge is 0.353 e. The number of non-ortho nitro benzene ring substituents is 1. The van der Waals surface area contributed by atoms with Crippen LogP contribution in [-0.2, 0) is 6.18 Å². The Kier molecular flexibility index (Phi) is 5.47. The number of nitro benzene ring substituents is 1. The van der Waals surface area contributed by atoms with Gasteiger partial charge in [-0.25, -0.2) is 4.98 Å². The first kappa shape index (κ1) is 21.2. The van der Waals surface area contributed by atoms with Crippen molar-refractivity contribution in [2.45, 2.75) is 6.18 Å². The Morgan fingerprint density at radius 2 is 1.88 bits per heavy atom. The third-order valence-corrected chi connectivity index (χ3v) is 4.87. The van der Waals surface area contributed by atoms with E-state index in [1.165, 1.54) is 36.5 Å². The second-order valence-electron chi connectivity index (χ2n) is 6.91. The molecule has 0 saturated carbocycles. The highest BCUT2D eigenvalue weighted by molar-refractivity contribution is 5.95. The van der Waals surface area contributed by atoms with Crippen LogP contribution < -0.4 is 4.90 Å². The maximum absolute atomic E-state index is 12.7. The molecule has 10 nitrogen and oxygen atoms in total. The molecule has 0 atom stereocenters. The summed E-state index contributed by atoms with van der Waals surface area (Å²) in [4.78, 5) is 34.1. The Morgan fingerprint density at radius 1 is 1.12 bits per heavy atom. The number of carbonyl (C=O) groups excluding carboxylic acids is 1. The molecule has 3 heterocycles. The number of benzene rings is 1. The average Bonchev–Trinajstić information content (AvgIpc) is 3.30. The van der Waals surface area contributed by atoms with E-state index in [2.05, 4.69) is 19.6 Å². The predicted octanol–water partition coefficient (Wildman–Crippen LogP) is 3.02. The minimum Gasteiger partial charge on any atom is -0.353 e. The van der Waals surface area contributed by atoms with Gasteiger partial charge in [0.25, 0.3) is 11.6 Å². The second kappa shape index (κ2) is 8.24. The van der Waals surface area contributed by atoms with Gasteiger partial charge in [-0.15, -0.1) is 0 Å². The Labute approximate surface area is 178 Å². The van der Waals surface area contributed by atoms with Crippen LogP contribution in [0.3, 0.4) is 0 Å². The fourth-order valence-corrected chi connectivity index (χ4v) is 3.23. The van der Waals surface area contributed by atoms with Gasteiger partial charge in [0, 0.05) is 55.6 Å². The molecular formula is C19H15F3N6O4. The number of pyridine rings is 1. The first-order valence-electron chi connectivity index (χ1n) is 9.38. The van der Waals surface area contributed by atoms with Crippen LogP contribution in [-0.4, -0.2) is 57.0 Å².